The van der Waals surface area contributed by atoms with Crippen LogP contribution in [0.2, 0.25) is 0 Å². The monoisotopic (exact) mass is 1420 g/mol. The summed E-state index contributed by atoms with van der Waals surface area (Å²) in [5.41, 5.74) is 26.9. The van der Waals surface area contributed by atoms with E-state index in [-0.39, 0.29) is 20.4 Å². The van der Waals surface area contributed by atoms with Gasteiger partial charge in [0.05, 0.1) is 22.8 Å². The maximum Gasteiger partial charge on any atom is 2.00 e. The standard InChI is InChI=1S/C100H60N4.Pd/c1-5-25-61(26-6-1)65-41-21-45-77(49-65)89-93-81-53-69-33-13-15-35-71(69)55-83(81)95(101-93)90(78-46-22-42-66(50-78)62-27-7-2-8-28-62)97-85-57-73-37-17-19-39-75(73)59-87(85)99(103-97)92(80-48-24-44-68(52-80)64-31-11-4-12-32-64)100-88-60-76-40-20-18-38-74(76)58-86(88)98(104-100)91(79-47-23-43-67(51-79)63-29-9-3-10-30-63)96-84-56-72-36-16-14-34-70(72)54-82(84)94(89)102-96;/h1-60H;/q-2;+2. The van der Waals surface area contributed by atoms with Crippen molar-refractivity contribution in [1.29, 1.82) is 0 Å². The van der Waals surface area contributed by atoms with Gasteiger partial charge in [0, 0.05) is 22.3 Å². The molecule has 4 nitrogen and oxygen atoms in total. The van der Waals surface area contributed by atoms with Gasteiger partial charge in [0.15, 0.2) is 0 Å². The second-order valence-electron chi connectivity index (χ2n) is 27.5. The van der Waals surface area contributed by atoms with Gasteiger partial charge in [-0.25, -0.2) is 9.97 Å². The first kappa shape index (κ1) is 61.7. The summed E-state index contributed by atoms with van der Waals surface area (Å²) in [6.45, 7) is 0. The van der Waals surface area contributed by atoms with Crippen LogP contribution in [-0.2, 0) is 20.4 Å². The van der Waals surface area contributed by atoms with E-state index in [1.54, 1.807) is 0 Å². The Kier molecular flexibility index (Phi) is 14.8. The quantitative estimate of drug-likeness (QED) is 0.142. The Bertz CT molecular complexity index is 6130. The SMILES string of the molecule is [Pd+2].c1ccc(-c2cccc(-c3c4nc(c(-c5cccc(-c6ccccc6)c5)c5[n-]c(c(-c6cccc(-c7ccccc7)c6)c6nc(c(-c7cccc(-c8ccccc8)c7)c7[n-]c3c3cc8ccccc8cc73)-c3cc7ccccc7cc3-6)c3cc6ccccc6cc53)-c3cc5ccccc5cc3-4)c2)cc1. The van der Waals surface area contributed by atoms with Gasteiger partial charge in [0.25, 0.3) is 0 Å². The first-order valence-electron chi connectivity index (χ1n) is 35.6. The third-order valence-corrected chi connectivity index (χ3v) is 21.4. The Morgan fingerprint density at radius 2 is 0.343 bits per heavy atom. The molecule has 0 atom stereocenters. The summed E-state index contributed by atoms with van der Waals surface area (Å²) >= 11 is 0. The van der Waals surface area contributed by atoms with Gasteiger partial charge in [-0.3, -0.25) is 0 Å². The van der Waals surface area contributed by atoms with Gasteiger partial charge in [-0.1, -0.05) is 291 Å². The molecular formula is C100H60N4Pd. The van der Waals surface area contributed by atoms with Crippen molar-refractivity contribution in [3.8, 4) is 134 Å². The van der Waals surface area contributed by atoms with Gasteiger partial charge in [-0.05, 0) is 226 Å². The molecule has 21 rings (SSSR count). The molecule has 0 amide bonds. The van der Waals surface area contributed by atoms with Crippen LogP contribution in [0.1, 0.15) is 0 Å². The third-order valence-electron chi connectivity index (χ3n) is 21.4. The summed E-state index contributed by atoms with van der Waals surface area (Å²) < 4.78 is 0. The second-order valence-corrected chi connectivity index (χ2v) is 27.5. The van der Waals surface area contributed by atoms with Crippen LogP contribution in [0.15, 0.2) is 364 Å². The summed E-state index contributed by atoms with van der Waals surface area (Å²) in [6.07, 6.45) is 0. The largest absolute Gasteiger partial charge is 2.00 e. The predicted octanol–water partition coefficient (Wildman–Crippen LogP) is 26.5. The van der Waals surface area contributed by atoms with E-state index in [4.69, 9.17) is 19.9 Å². The maximum atomic E-state index is 6.42. The number of benzene rings is 16. The van der Waals surface area contributed by atoms with Crippen LogP contribution in [0.4, 0.5) is 0 Å². The summed E-state index contributed by atoms with van der Waals surface area (Å²) in [5, 5.41) is 12.9. The van der Waals surface area contributed by atoms with Crippen LogP contribution in [-0.4, -0.2) is 9.97 Å². The predicted molar refractivity (Wildman–Crippen MR) is 436 cm³/mol. The summed E-state index contributed by atoms with van der Waals surface area (Å²) in [7, 11) is 0. The third kappa shape index (κ3) is 10.4. The molecule has 8 bridgehead atoms. The van der Waals surface area contributed by atoms with Gasteiger partial charge >= 0.3 is 20.4 Å². The summed E-state index contributed by atoms with van der Waals surface area (Å²) in [4.78, 5) is 25.7. The van der Waals surface area contributed by atoms with Crippen LogP contribution < -0.4 is 9.97 Å². The molecule has 0 saturated heterocycles. The van der Waals surface area contributed by atoms with E-state index in [9.17, 15) is 0 Å². The van der Waals surface area contributed by atoms with Crippen LogP contribution in [0.3, 0.4) is 0 Å². The molecule has 4 heterocycles. The molecular weight excluding hydrogens is 1360 g/mol. The normalized spacial score (nSPS) is 11.7. The number of aromatic nitrogens is 4. The van der Waals surface area contributed by atoms with E-state index in [0.717, 1.165) is 221 Å². The first-order chi connectivity index (χ1) is 51.5. The molecule has 2 aromatic heterocycles. The van der Waals surface area contributed by atoms with Crippen LogP contribution in [0.25, 0.3) is 221 Å². The molecule has 0 saturated carbocycles. The Labute approximate surface area is 620 Å². The Hall–Kier alpha value is -13.1. The number of rotatable bonds is 8. The topological polar surface area (TPSA) is 54.0 Å². The maximum absolute atomic E-state index is 6.42. The van der Waals surface area contributed by atoms with E-state index in [1.165, 1.54) is 0 Å². The Morgan fingerprint density at radius 1 is 0.162 bits per heavy atom. The Balaban J connectivity index is 0.00000732. The molecule has 1 aliphatic carbocycles. The average Bonchev–Trinajstić information content (AvgIpc) is 1.55. The number of fused-ring (bicyclic) bond motifs is 4. The zero-order valence-electron chi connectivity index (χ0n) is 56.7. The zero-order chi connectivity index (χ0) is 68.3. The summed E-state index contributed by atoms with van der Waals surface area (Å²) in [5.74, 6) is 0. The van der Waals surface area contributed by atoms with Gasteiger partial charge in [-0.2, -0.15) is 0 Å². The fraction of sp³-hybridized carbons (Fsp3) is 0. The average molecular weight is 1420 g/mol. The van der Waals surface area contributed by atoms with Crippen molar-refractivity contribution < 1.29 is 20.4 Å². The molecule has 0 spiro atoms. The molecule has 3 aliphatic rings. The van der Waals surface area contributed by atoms with Gasteiger partial charge in [0.2, 0.25) is 0 Å². The van der Waals surface area contributed by atoms with Crippen molar-refractivity contribution in [3.05, 3.63) is 364 Å². The van der Waals surface area contributed by atoms with Crippen molar-refractivity contribution in [3.63, 3.8) is 0 Å². The fourth-order valence-corrected chi connectivity index (χ4v) is 16.5. The molecule has 0 unspecified atom stereocenters. The minimum absolute atomic E-state index is 0. The van der Waals surface area contributed by atoms with Crippen LogP contribution >= 0.6 is 0 Å². The van der Waals surface area contributed by atoms with Gasteiger partial charge < -0.3 is 9.97 Å². The van der Waals surface area contributed by atoms with Gasteiger partial charge in [-0.15, -0.1) is 22.1 Å². The number of hydrogen-bond donors (Lipinski definition) is 0. The number of nitrogens with zero attached hydrogens (tertiary/aromatic N) is 4. The van der Waals surface area contributed by atoms with E-state index in [2.05, 4.69) is 364 Å². The minimum atomic E-state index is 0. The van der Waals surface area contributed by atoms with E-state index >= 15 is 0 Å². The zero-order valence-corrected chi connectivity index (χ0v) is 58.3. The van der Waals surface area contributed by atoms with Crippen molar-refractivity contribution in [2.45, 2.75) is 0 Å². The number of hydrogen-bond acceptors (Lipinski definition) is 2. The molecule has 0 radical (unpaired) electrons. The van der Waals surface area contributed by atoms with Crippen molar-refractivity contribution >= 4 is 86.7 Å². The van der Waals surface area contributed by atoms with Crippen molar-refractivity contribution in [1.82, 2.24) is 19.9 Å². The molecule has 490 valence electrons. The molecule has 2 aliphatic heterocycles. The van der Waals surface area contributed by atoms with Crippen molar-refractivity contribution in [2.75, 3.05) is 0 Å². The minimum Gasteiger partial charge on any atom is -0.656 e. The summed E-state index contributed by atoms with van der Waals surface area (Å²) in [6, 6.07) is 133. The van der Waals surface area contributed by atoms with Gasteiger partial charge in [0.1, 0.15) is 0 Å². The first-order valence-corrected chi connectivity index (χ1v) is 35.6. The van der Waals surface area contributed by atoms with Crippen molar-refractivity contribution in [2.24, 2.45) is 0 Å². The van der Waals surface area contributed by atoms with Crippen LogP contribution in [0.5, 0.6) is 0 Å². The molecule has 0 fully saturated rings. The van der Waals surface area contributed by atoms with E-state index in [1.807, 2.05) is 0 Å². The molecule has 0 N–H and O–H groups in total. The molecule has 16 aromatic carbocycles. The Morgan fingerprint density at radius 3 is 0.562 bits per heavy atom. The molecule has 5 heteroatoms. The smallest absolute Gasteiger partial charge is 0.656 e. The van der Waals surface area contributed by atoms with Crippen LogP contribution in [0, 0.1) is 0 Å². The fourth-order valence-electron chi connectivity index (χ4n) is 16.5. The molecule has 18 aromatic rings. The molecule has 105 heavy (non-hydrogen) atoms. The van der Waals surface area contributed by atoms with E-state index < -0.39 is 0 Å². The van der Waals surface area contributed by atoms with E-state index in [0.29, 0.717) is 0 Å². The second kappa shape index (κ2) is 25.1.